The van der Waals surface area contributed by atoms with Gasteiger partial charge in [0.05, 0.1) is 5.57 Å². The highest BCUT2D eigenvalue weighted by Gasteiger charge is 2.26. The molecule has 0 aromatic carbocycles. The van der Waals surface area contributed by atoms with E-state index in [9.17, 15) is 14.0 Å². The van der Waals surface area contributed by atoms with Crippen molar-refractivity contribution in [3.05, 3.63) is 23.0 Å². The summed E-state index contributed by atoms with van der Waals surface area (Å²) in [7, 11) is 0. The number of hydrogen-bond acceptors (Lipinski definition) is 2. The number of carboxylic acid groups (broad SMARTS) is 2. The largest absolute Gasteiger partial charge is 0.478 e. The smallest absolute Gasteiger partial charge is 0.339 e. The minimum atomic E-state index is -1.54. The van der Waals surface area contributed by atoms with E-state index in [4.69, 9.17) is 10.2 Å². The SMILES string of the molecule is O=C(O)C1=CCCC(F)=C1C(=O)O. The van der Waals surface area contributed by atoms with Crippen LogP contribution in [0.25, 0.3) is 0 Å². The van der Waals surface area contributed by atoms with Gasteiger partial charge in [-0.05, 0) is 6.42 Å². The highest BCUT2D eigenvalue weighted by Crippen LogP contribution is 2.26. The standard InChI is InChI=1S/C8H7FO4/c9-5-3-1-2-4(7(10)11)6(5)8(12)13/h2H,1,3H2,(H,10,11)(H,12,13). The topological polar surface area (TPSA) is 74.6 Å². The zero-order valence-corrected chi connectivity index (χ0v) is 6.58. The first kappa shape index (κ1) is 9.44. The van der Waals surface area contributed by atoms with Crippen molar-refractivity contribution in [1.29, 1.82) is 0 Å². The molecule has 0 amide bonds. The number of carboxylic acids is 2. The van der Waals surface area contributed by atoms with Crippen LogP contribution in [-0.4, -0.2) is 22.2 Å². The highest BCUT2D eigenvalue weighted by atomic mass is 19.1. The van der Waals surface area contributed by atoms with Crippen LogP contribution in [0.1, 0.15) is 12.8 Å². The predicted octanol–water partition coefficient (Wildman–Crippen LogP) is 1.10. The number of rotatable bonds is 2. The Morgan fingerprint density at radius 1 is 1.31 bits per heavy atom. The molecule has 0 radical (unpaired) electrons. The molecule has 0 unspecified atom stereocenters. The Balaban J connectivity index is 3.16. The van der Waals surface area contributed by atoms with Gasteiger partial charge in [0, 0.05) is 6.42 Å². The molecule has 0 aromatic rings. The van der Waals surface area contributed by atoms with Crippen LogP contribution in [0, 0.1) is 0 Å². The van der Waals surface area contributed by atoms with E-state index in [1.807, 2.05) is 0 Å². The Morgan fingerprint density at radius 3 is 2.31 bits per heavy atom. The molecule has 1 rings (SSSR count). The lowest BCUT2D eigenvalue weighted by atomic mass is 9.97. The zero-order valence-electron chi connectivity index (χ0n) is 6.58. The summed E-state index contributed by atoms with van der Waals surface area (Å²) in [4.78, 5) is 21.0. The summed E-state index contributed by atoms with van der Waals surface area (Å²) in [5, 5.41) is 17.1. The lowest BCUT2D eigenvalue weighted by Gasteiger charge is -2.10. The van der Waals surface area contributed by atoms with Crippen molar-refractivity contribution in [3.63, 3.8) is 0 Å². The third-order valence-electron chi connectivity index (χ3n) is 1.70. The Morgan fingerprint density at radius 2 is 1.92 bits per heavy atom. The van der Waals surface area contributed by atoms with Crippen molar-refractivity contribution < 1.29 is 24.2 Å². The summed E-state index contributed by atoms with van der Waals surface area (Å²) < 4.78 is 12.9. The second-order valence-corrected chi connectivity index (χ2v) is 2.55. The third-order valence-corrected chi connectivity index (χ3v) is 1.70. The number of allylic oxidation sites excluding steroid dienone is 2. The number of aliphatic carboxylic acids is 2. The third kappa shape index (κ3) is 1.74. The summed E-state index contributed by atoms with van der Waals surface area (Å²) in [6.07, 6.45) is 1.40. The van der Waals surface area contributed by atoms with Crippen molar-refractivity contribution in [1.82, 2.24) is 0 Å². The fourth-order valence-corrected chi connectivity index (χ4v) is 1.14. The van der Waals surface area contributed by atoms with Crippen molar-refractivity contribution in [3.8, 4) is 0 Å². The maximum absolute atomic E-state index is 12.9. The van der Waals surface area contributed by atoms with E-state index in [2.05, 4.69) is 0 Å². The van der Waals surface area contributed by atoms with Crippen LogP contribution in [0.4, 0.5) is 4.39 Å². The second kappa shape index (κ2) is 3.38. The highest BCUT2D eigenvalue weighted by molar-refractivity contribution is 6.06. The van der Waals surface area contributed by atoms with Crippen LogP contribution in [0.5, 0.6) is 0 Å². The molecular formula is C8H7FO4. The molecule has 0 spiro atoms. The lowest BCUT2D eigenvalue weighted by Crippen LogP contribution is -2.15. The molecule has 0 saturated carbocycles. The minimum Gasteiger partial charge on any atom is -0.478 e. The van der Waals surface area contributed by atoms with Gasteiger partial charge in [0.1, 0.15) is 11.4 Å². The van der Waals surface area contributed by atoms with Crippen molar-refractivity contribution in [2.24, 2.45) is 0 Å². The molecule has 13 heavy (non-hydrogen) atoms. The lowest BCUT2D eigenvalue weighted by molar-refractivity contribution is -0.136. The quantitative estimate of drug-likeness (QED) is 0.677. The van der Waals surface area contributed by atoms with Gasteiger partial charge in [0.2, 0.25) is 0 Å². The van der Waals surface area contributed by atoms with Crippen LogP contribution in [0.2, 0.25) is 0 Å². The summed E-state index contributed by atoms with van der Waals surface area (Å²) in [5.74, 6) is -3.81. The zero-order chi connectivity index (χ0) is 10.0. The van der Waals surface area contributed by atoms with Crippen molar-refractivity contribution >= 4 is 11.9 Å². The van der Waals surface area contributed by atoms with Crippen molar-refractivity contribution in [2.75, 3.05) is 0 Å². The molecule has 1 aliphatic carbocycles. The molecule has 0 fully saturated rings. The van der Waals surface area contributed by atoms with Gasteiger partial charge in [0.15, 0.2) is 0 Å². The van der Waals surface area contributed by atoms with E-state index in [-0.39, 0.29) is 12.8 Å². The molecule has 70 valence electrons. The predicted molar refractivity (Wildman–Crippen MR) is 40.7 cm³/mol. The van der Waals surface area contributed by atoms with Gasteiger partial charge in [-0.25, -0.2) is 14.0 Å². The summed E-state index contributed by atoms with van der Waals surface area (Å²) in [6.45, 7) is 0. The Hall–Kier alpha value is -1.65. The van der Waals surface area contributed by atoms with Crippen LogP contribution < -0.4 is 0 Å². The number of hydrogen-bond donors (Lipinski definition) is 2. The molecule has 0 aliphatic heterocycles. The second-order valence-electron chi connectivity index (χ2n) is 2.55. The van der Waals surface area contributed by atoms with Gasteiger partial charge in [0.25, 0.3) is 0 Å². The summed E-state index contributed by atoms with van der Waals surface area (Å²) >= 11 is 0. The molecule has 1 aliphatic rings. The van der Waals surface area contributed by atoms with Gasteiger partial charge < -0.3 is 10.2 Å². The number of carbonyl (C=O) groups is 2. The first-order valence-electron chi connectivity index (χ1n) is 3.59. The first-order chi connectivity index (χ1) is 6.04. The Kier molecular flexibility index (Phi) is 2.46. The van der Waals surface area contributed by atoms with E-state index in [1.54, 1.807) is 0 Å². The Bertz CT molecular complexity index is 327. The van der Waals surface area contributed by atoms with E-state index < -0.39 is 28.9 Å². The average Bonchev–Trinajstić information content (AvgIpc) is 2.02. The molecule has 0 bridgehead atoms. The van der Waals surface area contributed by atoms with Crippen molar-refractivity contribution in [2.45, 2.75) is 12.8 Å². The summed E-state index contributed by atoms with van der Waals surface area (Å²) in [5.41, 5.74) is -1.19. The van der Waals surface area contributed by atoms with E-state index in [1.165, 1.54) is 6.08 Å². The fourth-order valence-electron chi connectivity index (χ4n) is 1.14. The molecule has 2 N–H and O–H groups in total. The maximum Gasteiger partial charge on any atom is 0.339 e. The average molecular weight is 186 g/mol. The molecule has 0 aromatic heterocycles. The van der Waals surface area contributed by atoms with E-state index in [0.29, 0.717) is 0 Å². The van der Waals surface area contributed by atoms with Crippen LogP contribution >= 0.6 is 0 Å². The fraction of sp³-hybridized carbons (Fsp3) is 0.250. The monoisotopic (exact) mass is 186 g/mol. The minimum absolute atomic E-state index is 0.0432. The normalized spacial score (nSPS) is 16.8. The number of halogens is 1. The van der Waals surface area contributed by atoms with Crippen LogP contribution in [0.15, 0.2) is 23.0 Å². The van der Waals surface area contributed by atoms with Gasteiger partial charge >= 0.3 is 11.9 Å². The molecule has 0 saturated heterocycles. The maximum atomic E-state index is 12.9. The Labute approximate surface area is 73.0 Å². The molecular weight excluding hydrogens is 179 g/mol. The molecule has 4 nitrogen and oxygen atoms in total. The van der Waals surface area contributed by atoms with Crippen LogP contribution in [-0.2, 0) is 9.59 Å². The molecule has 5 heteroatoms. The summed E-state index contributed by atoms with van der Waals surface area (Å²) in [6, 6.07) is 0. The first-order valence-corrected chi connectivity index (χ1v) is 3.59. The molecule has 0 atom stereocenters. The van der Waals surface area contributed by atoms with Crippen LogP contribution in [0.3, 0.4) is 0 Å². The van der Waals surface area contributed by atoms with Gasteiger partial charge in [-0.1, -0.05) is 6.08 Å². The molecule has 0 heterocycles. The van der Waals surface area contributed by atoms with E-state index >= 15 is 0 Å². The van der Waals surface area contributed by atoms with Gasteiger partial charge in [-0.3, -0.25) is 0 Å². The van der Waals surface area contributed by atoms with Gasteiger partial charge in [-0.2, -0.15) is 0 Å². The van der Waals surface area contributed by atoms with E-state index in [0.717, 1.165) is 0 Å². The van der Waals surface area contributed by atoms with Gasteiger partial charge in [-0.15, -0.1) is 0 Å².